The number of hydrogen-bond donors (Lipinski definition) is 2. The van der Waals surface area contributed by atoms with Crippen LogP contribution >= 0.6 is 0 Å². The summed E-state index contributed by atoms with van der Waals surface area (Å²) in [5.74, 6) is -0.692. The van der Waals surface area contributed by atoms with Crippen molar-refractivity contribution in [3.05, 3.63) is 29.8 Å². The first-order valence-electron chi connectivity index (χ1n) is 6.38. The molecule has 1 aromatic rings. The van der Waals surface area contributed by atoms with Gasteiger partial charge in [-0.3, -0.25) is 4.79 Å². The number of amides is 1. The van der Waals surface area contributed by atoms with Crippen molar-refractivity contribution in [1.82, 2.24) is 5.32 Å². The van der Waals surface area contributed by atoms with Gasteiger partial charge in [-0.1, -0.05) is 18.2 Å². The van der Waals surface area contributed by atoms with Crippen LogP contribution in [-0.2, 0) is 14.3 Å². The normalized spacial score (nSPS) is 18.4. The van der Waals surface area contributed by atoms with Crippen LogP contribution in [0.4, 0.5) is 0 Å². The Bertz CT molecular complexity index is 502. The average molecular weight is 279 g/mol. The number of hydrogen-bond acceptors (Lipinski definition) is 5. The smallest absolute Gasteiger partial charge is 0.330 e. The number of carbonyl (C=O) groups excluding carboxylic acids is 2. The van der Waals surface area contributed by atoms with Crippen LogP contribution in [-0.4, -0.2) is 43.3 Å². The van der Waals surface area contributed by atoms with Crippen molar-refractivity contribution in [3.8, 4) is 5.75 Å². The molecule has 1 aliphatic heterocycles. The summed E-state index contributed by atoms with van der Waals surface area (Å²) in [7, 11) is 1.21. The van der Waals surface area contributed by atoms with Gasteiger partial charge in [0.2, 0.25) is 5.91 Å². The highest BCUT2D eigenvalue weighted by Crippen LogP contribution is 2.33. The van der Waals surface area contributed by atoms with Gasteiger partial charge in [0.15, 0.2) is 6.04 Å². The van der Waals surface area contributed by atoms with Gasteiger partial charge in [0.25, 0.3) is 0 Å². The zero-order chi connectivity index (χ0) is 14.5. The third-order valence-electron chi connectivity index (χ3n) is 3.26. The third kappa shape index (κ3) is 2.91. The van der Waals surface area contributed by atoms with Gasteiger partial charge < -0.3 is 19.9 Å². The van der Waals surface area contributed by atoms with Crippen molar-refractivity contribution in [1.29, 1.82) is 0 Å². The van der Waals surface area contributed by atoms with Crippen molar-refractivity contribution in [2.24, 2.45) is 0 Å². The zero-order valence-electron chi connectivity index (χ0n) is 11.2. The van der Waals surface area contributed by atoms with Crippen LogP contribution in [0, 0.1) is 0 Å². The highest BCUT2D eigenvalue weighted by molar-refractivity contribution is 5.89. The molecule has 1 heterocycles. The molecule has 1 aliphatic rings. The van der Waals surface area contributed by atoms with Crippen LogP contribution in [0.5, 0.6) is 5.75 Å². The summed E-state index contributed by atoms with van der Waals surface area (Å²) in [5, 5.41) is 11.6. The molecule has 0 aliphatic carbocycles. The van der Waals surface area contributed by atoms with Gasteiger partial charge in [-0.15, -0.1) is 0 Å². The SMILES string of the molecule is COC(=O)C(CO)NC(=O)C1CCOc2ccccc21. The number of fused-ring (bicyclic) bond motifs is 1. The first kappa shape index (κ1) is 14.3. The predicted octanol–water partition coefficient (Wildman–Crippen LogP) is 0.203. The van der Waals surface area contributed by atoms with Crippen LogP contribution in [0.15, 0.2) is 24.3 Å². The second-order valence-corrected chi connectivity index (χ2v) is 4.49. The molecular formula is C14H17NO5. The van der Waals surface area contributed by atoms with Crippen molar-refractivity contribution >= 4 is 11.9 Å². The summed E-state index contributed by atoms with van der Waals surface area (Å²) in [6, 6.07) is 6.26. The number of rotatable bonds is 4. The van der Waals surface area contributed by atoms with Gasteiger partial charge >= 0.3 is 5.97 Å². The maximum absolute atomic E-state index is 12.3. The summed E-state index contributed by atoms with van der Waals surface area (Å²) in [6.07, 6.45) is 0.530. The number of benzene rings is 1. The molecule has 20 heavy (non-hydrogen) atoms. The lowest BCUT2D eigenvalue weighted by atomic mass is 9.92. The van der Waals surface area contributed by atoms with E-state index in [1.165, 1.54) is 7.11 Å². The molecule has 0 spiro atoms. The molecule has 2 rings (SSSR count). The molecule has 2 atom stereocenters. The van der Waals surface area contributed by atoms with Crippen molar-refractivity contribution < 1.29 is 24.2 Å². The number of carbonyl (C=O) groups is 2. The number of para-hydroxylation sites is 1. The van der Waals surface area contributed by atoms with Crippen molar-refractivity contribution in [3.63, 3.8) is 0 Å². The lowest BCUT2D eigenvalue weighted by Gasteiger charge is -2.26. The van der Waals surface area contributed by atoms with E-state index in [1.807, 2.05) is 18.2 Å². The predicted molar refractivity (Wildman–Crippen MR) is 70.3 cm³/mol. The second-order valence-electron chi connectivity index (χ2n) is 4.49. The minimum Gasteiger partial charge on any atom is -0.493 e. The summed E-state index contributed by atoms with van der Waals surface area (Å²) in [6.45, 7) is -0.0552. The molecule has 1 aromatic carbocycles. The second kappa shape index (κ2) is 6.38. The minimum absolute atomic E-state index is 0.315. The quantitative estimate of drug-likeness (QED) is 0.769. The Morgan fingerprint density at radius 1 is 1.50 bits per heavy atom. The fourth-order valence-electron chi connectivity index (χ4n) is 2.21. The number of aliphatic hydroxyl groups is 1. The molecule has 6 heteroatoms. The van der Waals surface area contributed by atoms with Crippen molar-refractivity contribution in [2.45, 2.75) is 18.4 Å². The average Bonchev–Trinajstić information content (AvgIpc) is 2.51. The lowest BCUT2D eigenvalue weighted by molar-refractivity contribution is -0.146. The Labute approximate surface area is 116 Å². The first-order valence-corrected chi connectivity index (χ1v) is 6.38. The van der Waals surface area contributed by atoms with Crippen LogP contribution in [0.2, 0.25) is 0 Å². The van der Waals surface area contributed by atoms with E-state index in [0.29, 0.717) is 18.8 Å². The molecule has 0 bridgehead atoms. The highest BCUT2D eigenvalue weighted by Gasteiger charge is 2.30. The Hall–Kier alpha value is -2.08. The van der Waals surface area contributed by atoms with Gasteiger partial charge in [-0.05, 0) is 12.5 Å². The molecular weight excluding hydrogens is 262 g/mol. The Kier molecular flexibility index (Phi) is 4.57. The molecule has 2 unspecified atom stereocenters. The monoisotopic (exact) mass is 279 g/mol. The molecule has 0 saturated heterocycles. The van der Waals surface area contributed by atoms with Gasteiger partial charge in [-0.25, -0.2) is 4.79 Å². The van der Waals surface area contributed by atoms with Gasteiger partial charge in [0, 0.05) is 5.56 Å². The van der Waals surface area contributed by atoms with Crippen LogP contribution in [0.25, 0.3) is 0 Å². The minimum atomic E-state index is -1.04. The molecule has 0 saturated carbocycles. The number of nitrogens with one attached hydrogen (secondary N) is 1. The van der Waals surface area contributed by atoms with Crippen LogP contribution < -0.4 is 10.1 Å². The van der Waals surface area contributed by atoms with Gasteiger partial charge in [0.1, 0.15) is 5.75 Å². The van der Waals surface area contributed by atoms with Crippen LogP contribution in [0.1, 0.15) is 17.9 Å². The van der Waals surface area contributed by atoms with E-state index >= 15 is 0 Å². The Morgan fingerprint density at radius 3 is 2.95 bits per heavy atom. The number of aliphatic hydroxyl groups excluding tert-OH is 1. The van der Waals surface area contributed by atoms with E-state index < -0.39 is 24.5 Å². The maximum Gasteiger partial charge on any atom is 0.330 e. The lowest BCUT2D eigenvalue weighted by Crippen LogP contribution is -2.46. The van der Waals surface area contributed by atoms with Gasteiger partial charge in [-0.2, -0.15) is 0 Å². The molecule has 0 aromatic heterocycles. The molecule has 108 valence electrons. The maximum atomic E-state index is 12.3. The highest BCUT2D eigenvalue weighted by atomic mass is 16.5. The van der Waals surface area contributed by atoms with E-state index in [0.717, 1.165) is 5.56 Å². The Morgan fingerprint density at radius 2 is 2.25 bits per heavy atom. The third-order valence-corrected chi connectivity index (χ3v) is 3.26. The Balaban J connectivity index is 2.12. The summed E-state index contributed by atoms with van der Waals surface area (Å²) >= 11 is 0. The standard InChI is InChI=1S/C14H17NO5/c1-19-14(18)11(8-16)15-13(17)10-6-7-20-12-5-3-2-4-9(10)12/h2-5,10-11,16H,6-8H2,1H3,(H,15,17). The van der Waals surface area contributed by atoms with E-state index in [1.54, 1.807) is 6.07 Å². The molecule has 6 nitrogen and oxygen atoms in total. The fraction of sp³-hybridized carbons (Fsp3) is 0.429. The van der Waals surface area contributed by atoms with E-state index in [2.05, 4.69) is 10.1 Å². The topological polar surface area (TPSA) is 84.9 Å². The van der Waals surface area contributed by atoms with E-state index in [-0.39, 0.29) is 5.91 Å². The summed E-state index contributed by atoms with van der Waals surface area (Å²) in [4.78, 5) is 23.7. The largest absolute Gasteiger partial charge is 0.493 e. The number of ether oxygens (including phenoxy) is 2. The summed E-state index contributed by atoms with van der Waals surface area (Å²) in [5.41, 5.74) is 0.790. The molecule has 1 amide bonds. The molecule has 2 N–H and O–H groups in total. The molecule has 0 fully saturated rings. The van der Waals surface area contributed by atoms with Gasteiger partial charge in [0.05, 0.1) is 26.2 Å². The van der Waals surface area contributed by atoms with E-state index in [9.17, 15) is 9.59 Å². The number of esters is 1. The first-order chi connectivity index (χ1) is 9.67. The van der Waals surface area contributed by atoms with Crippen LogP contribution in [0.3, 0.4) is 0 Å². The molecule has 0 radical (unpaired) electrons. The van der Waals surface area contributed by atoms with E-state index in [4.69, 9.17) is 9.84 Å². The number of methoxy groups -OCH3 is 1. The fourth-order valence-corrected chi connectivity index (χ4v) is 2.21. The van der Waals surface area contributed by atoms with Crippen molar-refractivity contribution in [2.75, 3.05) is 20.3 Å². The summed E-state index contributed by atoms with van der Waals surface area (Å²) < 4.78 is 10.0. The zero-order valence-corrected chi connectivity index (χ0v) is 11.2.